The SMILES string of the molecule is CC(C)[C@H](NC(=O)[C@H](CCCCN)NC(=O)CCSc1ccc2ccccc2c1)C(=O)NCC(=O)N[C@H](C(=O)N1CCC[C@H]1COC(=O)NC1CCCCC1)[C@@H](C)O. The summed E-state index contributed by atoms with van der Waals surface area (Å²) < 4.78 is 5.47. The Hall–Kier alpha value is -4.41. The number of hydrogen-bond donors (Lipinski definition) is 7. The van der Waals surface area contributed by atoms with Crippen molar-refractivity contribution in [1.82, 2.24) is 31.5 Å². The van der Waals surface area contributed by atoms with E-state index in [0.717, 1.165) is 47.8 Å². The summed E-state index contributed by atoms with van der Waals surface area (Å²) in [5.41, 5.74) is 5.69. The van der Waals surface area contributed by atoms with Crippen LogP contribution in [0, 0.1) is 5.92 Å². The molecule has 2 aromatic rings. The fourth-order valence-electron chi connectivity index (χ4n) is 7.33. The number of alkyl carbamates (subject to hydrolysis) is 1. The molecule has 2 aliphatic rings. The number of thioether (sulfide) groups is 1. The van der Waals surface area contributed by atoms with Crippen LogP contribution in [0.4, 0.5) is 4.79 Å². The third-order valence-electron chi connectivity index (χ3n) is 10.6. The molecule has 1 aliphatic carbocycles. The summed E-state index contributed by atoms with van der Waals surface area (Å²) in [5.74, 6) is -2.55. The van der Waals surface area contributed by atoms with Crippen LogP contribution >= 0.6 is 11.8 Å². The zero-order chi connectivity index (χ0) is 42.0. The molecule has 6 amide bonds. The van der Waals surface area contributed by atoms with Gasteiger partial charge in [0.05, 0.1) is 18.7 Å². The van der Waals surface area contributed by atoms with Crippen molar-refractivity contribution in [2.75, 3.05) is 32.0 Å². The van der Waals surface area contributed by atoms with Gasteiger partial charge in [0.25, 0.3) is 0 Å². The van der Waals surface area contributed by atoms with Gasteiger partial charge < -0.3 is 47.1 Å². The molecule has 2 aromatic carbocycles. The molecule has 0 unspecified atom stereocenters. The molecule has 1 heterocycles. The van der Waals surface area contributed by atoms with Gasteiger partial charge in [-0.25, -0.2) is 4.79 Å². The van der Waals surface area contributed by atoms with E-state index in [4.69, 9.17) is 10.5 Å². The Labute approximate surface area is 346 Å². The summed E-state index contributed by atoms with van der Waals surface area (Å²) in [6.07, 6.45) is 6.35. The average Bonchev–Trinajstić information content (AvgIpc) is 3.68. The van der Waals surface area contributed by atoms with Gasteiger partial charge in [-0.05, 0) is 87.2 Å². The first-order valence-corrected chi connectivity index (χ1v) is 21.7. The highest BCUT2D eigenvalue weighted by atomic mass is 32.2. The Morgan fingerprint density at radius 1 is 0.862 bits per heavy atom. The molecule has 58 heavy (non-hydrogen) atoms. The average molecular weight is 826 g/mol. The van der Waals surface area contributed by atoms with Crippen molar-refractivity contribution in [3.63, 3.8) is 0 Å². The van der Waals surface area contributed by atoms with Crippen LogP contribution in [-0.2, 0) is 28.7 Å². The number of aliphatic hydroxyl groups excluding tert-OH is 1. The highest BCUT2D eigenvalue weighted by Gasteiger charge is 2.37. The number of likely N-dealkylation sites (tertiary alicyclic amines) is 1. The van der Waals surface area contributed by atoms with Crippen LogP contribution in [-0.4, -0.2) is 114 Å². The van der Waals surface area contributed by atoms with E-state index < -0.39 is 66.5 Å². The maximum absolute atomic E-state index is 13.6. The van der Waals surface area contributed by atoms with E-state index in [9.17, 15) is 33.9 Å². The fourth-order valence-corrected chi connectivity index (χ4v) is 8.23. The van der Waals surface area contributed by atoms with Crippen molar-refractivity contribution >= 4 is 58.2 Å². The van der Waals surface area contributed by atoms with Crippen molar-refractivity contribution in [2.45, 2.75) is 133 Å². The van der Waals surface area contributed by atoms with E-state index in [1.54, 1.807) is 25.6 Å². The first kappa shape index (κ1) is 46.3. The Morgan fingerprint density at radius 2 is 1.60 bits per heavy atom. The number of amides is 6. The van der Waals surface area contributed by atoms with Crippen LogP contribution in [0.2, 0.25) is 0 Å². The number of nitrogens with two attached hydrogens (primary N) is 1. The van der Waals surface area contributed by atoms with Gasteiger partial charge in [-0.3, -0.25) is 24.0 Å². The first-order chi connectivity index (χ1) is 27.9. The Balaban J connectivity index is 1.26. The molecule has 15 nitrogen and oxygen atoms in total. The van der Waals surface area contributed by atoms with E-state index in [-0.39, 0.29) is 30.9 Å². The first-order valence-electron chi connectivity index (χ1n) is 20.8. The Bertz CT molecular complexity index is 1690. The van der Waals surface area contributed by atoms with E-state index >= 15 is 0 Å². The minimum absolute atomic E-state index is 0.00809. The maximum atomic E-state index is 13.6. The van der Waals surface area contributed by atoms with Gasteiger partial charge in [-0.1, -0.05) is 63.4 Å². The van der Waals surface area contributed by atoms with Crippen molar-refractivity contribution < 1.29 is 38.6 Å². The van der Waals surface area contributed by atoms with Crippen LogP contribution in [0.25, 0.3) is 10.8 Å². The maximum Gasteiger partial charge on any atom is 0.407 e. The van der Waals surface area contributed by atoms with Gasteiger partial charge in [0.15, 0.2) is 0 Å². The van der Waals surface area contributed by atoms with Gasteiger partial charge in [-0.2, -0.15) is 0 Å². The summed E-state index contributed by atoms with van der Waals surface area (Å²) in [4.78, 5) is 81.5. The summed E-state index contributed by atoms with van der Waals surface area (Å²) in [6, 6.07) is 10.6. The molecular formula is C42H63N7O8S. The Kier molecular flexibility index (Phi) is 19.0. The molecule has 0 bridgehead atoms. The molecule has 16 heteroatoms. The summed E-state index contributed by atoms with van der Waals surface area (Å²) >= 11 is 1.55. The van der Waals surface area contributed by atoms with E-state index in [0.29, 0.717) is 50.9 Å². The minimum Gasteiger partial charge on any atom is -0.447 e. The number of benzene rings is 2. The van der Waals surface area contributed by atoms with Crippen LogP contribution < -0.4 is 32.3 Å². The molecule has 0 radical (unpaired) electrons. The summed E-state index contributed by atoms with van der Waals surface area (Å²) in [7, 11) is 0. The number of rotatable bonds is 21. The zero-order valence-electron chi connectivity index (χ0n) is 34.1. The number of unbranched alkanes of at least 4 members (excludes halogenated alkanes) is 1. The predicted octanol–water partition coefficient (Wildman–Crippen LogP) is 3.11. The molecule has 2 fully saturated rings. The summed E-state index contributed by atoms with van der Waals surface area (Å²) in [6.45, 7) is 5.15. The lowest BCUT2D eigenvalue weighted by atomic mass is 9.96. The third-order valence-corrected chi connectivity index (χ3v) is 11.6. The Morgan fingerprint density at radius 3 is 2.31 bits per heavy atom. The number of fused-ring (bicyclic) bond motifs is 1. The standard InChI is InChI=1S/C42H63N7O8S/c1-27(2)37(48-39(53)34(17-9-10-21-43)46-35(51)20-23-58-33-19-18-29-12-7-8-13-30(29)24-33)40(54)44-25-36(52)47-38(28(3)50)41(55)49-22-11-16-32(49)26-57-42(56)45-31-14-5-4-6-15-31/h7-8,12-13,18-19,24,27-28,31-32,34,37-38,50H,4-6,9-11,14-17,20-23,25-26,43H2,1-3H3,(H,44,54)(H,45,56)(H,46,51)(H,47,52)(H,48,53)/t28-,32+,34+,37+,38+/m1/s1. The van der Waals surface area contributed by atoms with Crippen LogP contribution in [0.5, 0.6) is 0 Å². The molecule has 4 rings (SSSR count). The second kappa shape index (κ2) is 23.9. The number of carbonyl (C=O) groups is 6. The molecule has 320 valence electrons. The van der Waals surface area contributed by atoms with Crippen molar-refractivity contribution in [2.24, 2.45) is 11.7 Å². The van der Waals surface area contributed by atoms with Crippen LogP contribution in [0.1, 0.15) is 91.4 Å². The highest BCUT2D eigenvalue weighted by Crippen LogP contribution is 2.24. The van der Waals surface area contributed by atoms with Gasteiger partial charge in [0.2, 0.25) is 29.5 Å². The van der Waals surface area contributed by atoms with Gasteiger partial charge >= 0.3 is 6.09 Å². The molecule has 0 aromatic heterocycles. The zero-order valence-corrected chi connectivity index (χ0v) is 35.0. The number of ether oxygens (including phenoxy) is 1. The third kappa shape index (κ3) is 14.8. The number of aliphatic hydroxyl groups is 1. The fraction of sp³-hybridized carbons (Fsp3) is 0.619. The van der Waals surface area contributed by atoms with Crippen LogP contribution in [0.3, 0.4) is 0 Å². The smallest absolute Gasteiger partial charge is 0.407 e. The lowest BCUT2D eigenvalue weighted by Crippen LogP contribution is -2.58. The largest absolute Gasteiger partial charge is 0.447 e. The second-order valence-electron chi connectivity index (χ2n) is 15.7. The molecule has 1 saturated carbocycles. The molecule has 5 atom stereocenters. The highest BCUT2D eigenvalue weighted by molar-refractivity contribution is 7.99. The van der Waals surface area contributed by atoms with Gasteiger partial charge in [0, 0.05) is 29.7 Å². The van der Waals surface area contributed by atoms with E-state index in [2.05, 4.69) is 32.7 Å². The quantitative estimate of drug-likeness (QED) is 0.0720. The molecule has 1 saturated heterocycles. The molecule has 8 N–H and O–H groups in total. The predicted molar refractivity (Wildman–Crippen MR) is 224 cm³/mol. The normalized spacial score (nSPS) is 17.8. The number of carbonyl (C=O) groups excluding carboxylic acids is 6. The number of nitrogens with zero attached hydrogens (tertiary/aromatic N) is 1. The van der Waals surface area contributed by atoms with Gasteiger partial charge in [-0.15, -0.1) is 11.8 Å². The molecule has 0 spiro atoms. The molecule has 1 aliphatic heterocycles. The lowest BCUT2D eigenvalue weighted by Gasteiger charge is -2.30. The number of hydrogen-bond acceptors (Lipinski definition) is 10. The van der Waals surface area contributed by atoms with Crippen molar-refractivity contribution in [3.05, 3.63) is 42.5 Å². The van der Waals surface area contributed by atoms with Gasteiger partial charge in [0.1, 0.15) is 24.7 Å². The van der Waals surface area contributed by atoms with E-state index in [1.165, 1.54) is 11.8 Å². The lowest BCUT2D eigenvalue weighted by molar-refractivity contribution is -0.140. The monoisotopic (exact) mass is 825 g/mol. The second-order valence-corrected chi connectivity index (χ2v) is 16.8. The molecular weight excluding hydrogens is 763 g/mol. The van der Waals surface area contributed by atoms with Crippen molar-refractivity contribution in [3.8, 4) is 0 Å². The summed E-state index contributed by atoms with van der Waals surface area (Å²) in [5, 5.41) is 26.3. The van der Waals surface area contributed by atoms with Crippen molar-refractivity contribution in [1.29, 1.82) is 0 Å². The number of nitrogens with one attached hydrogen (secondary N) is 5. The minimum atomic E-state index is -1.30. The van der Waals surface area contributed by atoms with E-state index in [1.807, 2.05) is 36.4 Å². The van der Waals surface area contributed by atoms with Crippen LogP contribution in [0.15, 0.2) is 47.4 Å². The topological polar surface area (TPSA) is 221 Å².